The van der Waals surface area contributed by atoms with Crippen molar-refractivity contribution < 1.29 is 19.1 Å². The largest absolute Gasteiger partial charge is 0.451 e. The Morgan fingerprint density at radius 3 is 2.25 bits per heavy atom. The molecule has 0 saturated heterocycles. The standard InChI is InChI=1S/C20H18O4/c21-17-12-6-7-13-18(17)24-20(23)16-11-5-4-10-15(16)19(22)14-8-2-1-3-9-14/h1-5,8-11,18H,6-7,12-13H2/t18-/m1/s1. The number of hydrogen-bond donors (Lipinski definition) is 0. The van der Waals surface area contributed by atoms with Crippen LogP contribution in [0.15, 0.2) is 54.6 Å². The molecule has 2 aromatic carbocycles. The quantitative estimate of drug-likeness (QED) is 0.637. The Kier molecular flexibility index (Phi) is 4.85. The molecule has 0 aliphatic heterocycles. The van der Waals surface area contributed by atoms with E-state index in [1.807, 2.05) is 6.07 Å². The van der Waals surface area contributed by atoms with Gasteiger partial charge in [0.1, 0.15) is 0 Å². The van der Waals surface area contributed by atoms with Crippen molar-refractivity contribution in [2.75, 3.05) is 0 Å². The lowest BCUT2D eigenvalue weighted by Gasteiger charge is -2.21. The maximum atomic E-state index is 12.7. The Labute approximate surface area is 140 Å². The Hall–Kier alpha value is -2.75. The number of carbonyl (C=O) groups is 3. The molecular weight excluding hydrogens is 304 g/mol. The third-order valence-corrected chi connectivity index (χ3v) is 4.18. The zero-order valence-corrected chi connectivity index (χ0v) is 13.2. The molecule has 0 radical (unpaired) electrons. The SMILES string of the molecule is O=C(O[C@@H]1CCCCC1=O)c1ccccc1C(=O)c1ccccc1. The zero-order chi connectivity index (χ0) is 16.9. The third kappa shape index (κ3) is 3.43. The summed E-state index contributed by atoms with van der Waals surface area (Å²) in [7, 11) is 0. The summed E-state index contributed by atoms with van der Waals surface area (Å²) in [5.41, 5.74) is 0.994. The predicted octanol–water partition coefficient (Wildman–Crippen LogP) is 3.59. The smallest absolute Gasteiger partial charge is 0.339 e. The Bertz CT molecular complexity index is 764. The Balaban J connectivity index is 1.85. The summed E-state index contributed by atoms with van der Waals surface area (Å²) in [6.07, 6.45) is 2.03. The minimum Gasteiger partial charge on any atom is -0.451 e. The summed E-state index contributed by atoms with van der Waals surface area (Å²) >= 11 is 0. The summed E-state index contributed by atoms with van der Waals surface area (Å²) in [5.74, 6) is -0.894. The van der Waals surface area contributed by atoms with Gasteiger partial charge in [-0.3, -0.25) is 9.59 Å². The molecule has 0 heterocycles. The van der Waals surface area contributed by atoms with Gasteiger partial charge < -0.3 is 4.74 Å². The number of carbonyl (C=O) groups excluding carboxylic acids is 3. The first-order valence-corrected chi connectivity index (χ1v) is 8.09. The molecule has 1 atom stereocenters. The summed E-state index contributed by atoms with van der Waals surface area (Å²) in [6, 6.07) is 15.3. The highest BCUT2D eigenvalue weighted by Gasteiger charge is 2.28. The van der Waals surface area contributed by atoms with Crippen molar-refractivity contribution >= 4 is 17.5 Å². The van der Waals surface area contributed by atoms with Gasteiger partial charge in [-0.05, 0) is 25.3 Å². The van der Waals surface area contributed by atoms with E-state index in [1.165, 1.54) is 0 Å². The number of ketones is 2. The molecule has 1 aliphatic rings. The lowest BCUT2D eigenvalue weighted by Crippen LogP contribution is -2.30. The Morgan fingerprint density at radius 2 is 1.54 bits per heavy atom. The molecule has 0 aromatic heterocycles. The third-order valence-electron chi connectivity index (χ3n) is 4.18. The van der Waals surface area contributed by atoms with Gasteiger partial charge in [-0.15, -0.1) is 0 Å². The normalized spacial score (nSPS) is 17.3. The van der Waals surface area contributed by atoms with Gasteiger partial charge in [-0.2, -0.15) is 0 Å². The molecule has 3 rings (SSSR count). The van der Waals surface area contributed by atoms with Crippen molar-refractivity contribution in [3.05, 3.63) is 71.3 Å². The summed E-state index contributed by atoms with van der Waals surface area (Å²) in [6.45, 7) is 0. The van der Waals surface area contributed by atoms with Gasteiger partial charge in [0.15, 0.2) is 17.7 Å². The van der Waals surface area contributed by atoms with E-state index in [4.69, 9.17) is 4.74 Å². The second-order valence-electron chi connectivity index (χ2n) is 5.85. The number of hydrogen-bond acceptors (Lipinski definition) is 4. The van der Waals surface area contributed by atoms with E-state index in [0.717, 1.165) is 12.8 Å². The van der Waals surface area contributed by atoms with E-state index < -0.39 is 12.1 Å². The van der Waals surface area contributed by atoms with E-state index in [1.54, 1.807) is 48.5 Å². The molecule has 0 bridgehead atoms. The zero-order valence-electron chi connectivity index (χ0n) is 13.2. The molecule has 0 amide bonds. The topological polar surface area (TPSA) is 60.4 Å². The lowest BCUT2D eigenvalue weighted by atomic mass is 9.95. The van der Waals surface area contributed by atoms with Crippen LogP contribution in [-0.4, -0.2) is 23.6 Å². The van der Waals surface area contributed by atoms with Crippen molar-refractivity contribution in [3.63, 3.8) is 0 Å². The van der Waals surface area contributed by atoms with Gasteiger partial charge in [-0.25, -0.2) is 4.79 Å². The summed E-state index contributed by atoms with van der Waals surface area (Å²) < 4.78 is 5.38. The van der Waals surface area contributed by atoms with Crippen LogP contribution in [0.3, 0.4) is 0 Å². The maximum Gasteiger partial charge on any atom is 0.339 e. The predicted molar refractivity (Wildman–Crippen MR) is 89.0 cm³/mol. The van der Waals surface area contributed by atoms with Gasteiger partial charge in [0.25, 0.3) is 0 Å². The number of rotatable bonds is 4. The molecule has 4 heteroatoms. The van der Waals surface area contributed by atoms with E-state index in [9.17, 15) is 14.4 Å². The minimum absolute atomic E-state index is 0.0403. The van der Waals surface area contributed by atoms with E-state index >= 15 is 0 Å². The van der Waals surface area contributed by atoms with Crippen LogP contribution in [-0.2, 0) is 9.53 Å². The highest BCUT2D eigenvalue weighted by Crippen LogP contribution is 2.21. The number of esters is 1. The van der Waals surface area contributed by atoms with Gasteiger partial charge in [0.05, 0.1) is 5.56 Å². The first-order valence-electron chi connectivity index (χ1n) is 8.09. The molecule has 122 valence electrons. The van der Waals surface area contributed by atoms with E-state index in [0.29, 0.717) is 18.4 Å². The van der Waals surface area contributed by atoms with Crippen LogP contribution in [0.1, 0.15) is 52.0 Å². The van der Waals surface area contributed by atoms with E-state index in [2.05, 4.69) is 0 Å². The van der Waals surface area contributed by atoms with Crippen molar-refractivity contribution in [2.45, 2.75) is 31.8 Å². The van der Waals surface area contributed by atoms with Crippen LogP contribution in [0.4, 0.5) is 0 Å². The van der Waals surface area contributed by atoms with Gasteiger partial charge in [0, 0.05) is 17.5 Å². The number of ether oxygens (including phenoxy) is 1. The number of benzene rings is 2. The molecule has 1 aliphatic carbocycles. The molecule has 24 heavy (non-hydrogen) atoms. The first-order chi connectivity index (χ1) is 11.7. The molecule has 1 fully saturated rings. The fraction of sp³-hybridized carbons (Fsp3) is 0.250. The molecule has 2 aromatic rings. The number of Topliss-reactive ketones (excluding diaryl/α,β-unsaturated/α-hetero) is 1. The van der Waals surface area contributed by atoms with Crippen molar-refractivity contribution in [3.8, 4) is 0 Å². The molecule has 4 nitrogen and oxygen atoms in total. The van der Waals surface area contributed by atoms with Crippen molar-refractivity contribution in [1.29, 1.82) is 0 Å². The average molecular weight is 322 g/mol. The monoisotopic (exact) mass is 322 g/mol. The van der Waals surface area contributed by atoms with Crippen LogP contribution in [0.25, 0.3) is 0 Å². The van der Waals surface area contributed by atoms with Gasteiger partial charge >= 0.3 is 5.97 Å². The highest BCUT2D eigenvalue weighted by molar-refractivity contribution is 6.14. The molecule has 0 spiro atoms. The highest BCUT2D eigenvalue weighted by atomic mass is 16.5. The summed E-state index contributed by atoms with van der Waals surface area (Å²) in [4.78, 5) is 37.0. The van der Waals surface area contributed by atoms with Gasteiger partial charge in [0.2, 0.25) is 0 Å². The molecule has 1 saturated carbocycles. The van der Waals surface area contributed by atoms with Gasteiger partial charge in [-0.1, -0.05) is 48.5 Å². The molecule has 0 unspecified atom stereocenters. The first kappa shape index (κ1) is 16.1. The lowest BCUT2D eigenvalue weighted by molar-refractivity contribution is -0.129. The van der Waals surface area contributed by atoms with Crippen molar-refractivity contribution in [2.24, 2.45) is 0 Å². The second-order valence-corrected chi connectivity index (χ2v) is 5.85. The van der Waals surface area contributed by atoms with Crippen molar-refractivity contribution in [1.82, 2.24) is 0 Å². The molecule has 0 N–H and O–H groups in total. The summed E-state index contributed by atoms with van der Waals surface area (Å²) in [5, 5.41) is 0. The van der Waals surface area contributed by atoms with Crippen LogP contribution >= 0.6 is 0 Å². The Morgan fingerprint density at radius 1 is 0.875 bits per heavy atom. The minimum atomic E-state index is -0.689. The molecular formula is C20H18O4. The second kappa shape index (κ2) is 7.21. The van der Waals surface area contributed by atoms with Crippen LogP contribution in [0.5, 0.6) is 0 Å². The fourth-order valence-corrected chi connectivity index (χ4v) is 2.87. The average Bonchev–Trinajstić information content (AvgIpc) is 2.63. The van der Waals surface area contributed by atoms with Crippen LogP contribution < -0.4 is 0 Å². The van der Waals surface area contributed by atoms with Crippen LogP contribution in [0.2, 0.25) is 0 Å². The van der Waals surface area contributed by atoms with E-state index in [-0.39, 0.29) is 22.7 Å². The fourth-order valence-electron chi connectivity index (χ4n) is 2.87. The maximum absolute atomic E-state index is 12.7. The van der Waals surface area contributed by atoms with Crippen LogP contribution in [0, 0.1) is 0 Å².